The largest absolute Gasteiger partial charge is 0.261 e. The fraction of sp³-hybridized carbons (Fsp3) is 0. The molecule has 6 nitrogen and oxygen atoms in total. The van der Waals surface area contributed by atoms with E-state index in [1.807, 2.05) is 30.3 Å². The summed E-state index contributed by atoms with van der Waals surface area (Å²) in [7, 11) is -3.75. The molecular weight excluding hydrogens is 324 g/mol. The van der Waals surface area contributed by atoms with Gasteiger partial charge in [0.2, 0.25) is 10.0 Å². The molecule has 0 spiro atoms. The molecule has 0 bridgehead atoms. The number of sulfonamides is 1. The molecule has 0 aliphatic rings. The first kappa shape index (κ1) is 16.2. The van der Waals surface area contributed by atoms with Gasteiger partial charge in [-0.1, -0.05) is 41.9 Å². The van der Waals surface area contributed by atoms with Crippen molar-refractivity contribution in [2.45, 2.75) is 4.90 Å². The maximum absolute atomic E-state index is 11.1. The molecule has 3 N–H and O–H groups in total. The van der Waals surface area contributed by atoms with Gasteiger partial charge in [0.1, 0.15) is 10.7 Å². The molecule has 1 aromatic heterocycles. The van der Waals surface area contributed by atoms with Crippen molar-refractivity contribution in [3.63, 3.8) is 0 Å². The molecule has 1 heterocycles. The van der Waals surface area contributed by atoms with Gasteiger partial charge in [-0.3, -0.25) is 5.43 Å². The number of hydrogen-bond donors (Lipinski definition) is 2. The number of anilines is 1. The fourth-order valence-corrected chi connectivity index (χ4v) is 2.15. The van der Waals surface area contributed by atoms with Crippen LogP contribution in [0.15, 0.2) is 63.7 Å². The third kappa shape index (κ3) is 4.96. The Morgan fingerprint density at radius 3 is 2.55 bits per heavy atom. The molecule has 0 aliphatic heterocycles. The number of hydrogen-bond acceptors (Lipinski definition) is 5. The topological polar surface area (TPSA) is 97.4 Å². The van der Waals surface area contributed by atoms with Gasteiger partial charge in [0.15, 0.2) is 0 Å². The van der Waals surface area contributed by atoms with Crippen LogP contribution in [0.3, 0.4) is 0 Å². The monoisotopic (exact) mass is 336 g/mol. The molecule has 0 saturated heterocycles. The van der Waals surface area contributed by atoms with Crippen LogP contribution in [0.2, 0.25) is 0 Å². The number of nitrogens with two attached hydrogens (primary N) is 1. The van der Waals surface area contributed by atoms with E-state index in [4.69, 9.17) is 16.7 Å². The van der Waals surface area contributed by atoms with Crippen molar-refractivity contribution < 1.29 is 8.42 Å². The summed E-state index contributed by atoms with van der Waals surface area (Å²) >= 11 is 6.02. The number of rotatable bonds is 5. The highest BCUT2D eigenvalue weighted by Gasteiger charge is 2.07. The van der Waals surface area contributed by atoms with Gasteiger partial charge < -0.3 is 0 Å². The number of pyridine rings is 1. The molecule has 2 rings (SSSR count). The Bertz CT molecular complexity index is 787. The molecule has 22 heavy (non-hydrogen) atoms. The average Bonchev–Trinajstić information content (AvgIpc) is 2.48. The fourth-order valence-electron chi connectivity index (χ4n) is 1.52. The average molecular weight is 337 g/mol. The first-order valence-corrected chi connectivity index (χ1v) is 8.08. The number of nitrogens with zero attached hydrogens (tertiary/aromatic N) is 2. The van der Waals surface area contributed by atoms with Gasteiger partial charge in [-0.25, -0.2) is 18.5 Å². The second-order valence-electron chi connectivity index (χ2n) is 4.23. The standard InChI is InChI=1S/C14H13ClN4O2S/c15-12(8-11-4-2-1-3-5-11)9-18-19-14-7-6-13(10-17-14)22(16,20)21/h1-10H,(H,17,19)(H2,16,20,21)/b12-8-,18-9+. The lowest BCUT2D eigenvalue weighted by molar-refractivity contribution is 0.597. The van der Waals surface area contributed by atoms with Gasteiger partial charge in [-0.05, 0) is 23.8 Å². The molecule has 114 valence electrons. The van der Waals surface area contributed by atoms with Gasteiger partial charge in [0.25, 0.3) is 0 Å². The zero-order valence-electron chi connectivity index (χ0n) is 11.3. The van der Waals surface area contributed by atoms with E-state index in [0.29, 0.717) is 10.9 Å². The maximum Gasteiger partial charge on any atom is 0.239 e. The summed E-state index contributed by atoms with van der Waals surface area (Å²) < 4.78 is 22.2. The van der Waals surface area contributed by atoms with Crippen LogP contribution in [-0.4, -0.2) is 19.6 Å². The van der Waals surface area contributed by atoms with Crippen LogP contribution in [0, 0.1) is 0 Å². The minimum Gasteiger partial charge on any atom is -0.261 e. The molecule has 0 saturated carbocycles. The smallest absolute Gasteiger partial charge is 0.239 e. The molecule has 0 radical (unpaired) electrons. The second-order valence-corrected chi connectivity index (χ2v) is 6.23. The summed E-state index contributed by atoms with van der Waals surface area (Å²) in [5.41, 5.74) is 3.59. The second kappa shape index (κ2) is 7.17. The number of benzene rings is 1. The Hall–Kier alpha value is -2.22. The summed E-state index contributed by atoms with van der Waals surface area (Å²) in [6, 6.07) is 12.3. The van der Waals surface area contributed by atoms with E-state index in [0.717, 1.165) is 11.8 Å². The predicted molar refractivity (Wildman–Crippen MR) is 88.0 cm³/mol. The lowest BCUT2D eigenvalue weighted by Gasteiger charge is -2.00. The van der Waals surface area contributed by atoms with Crippen molar-refractivity contribution >= 4 is 39.7 Å². The number of hydrazone groups is 1. The van der Waals surface area contributed by atoms with Crippen molar-refractivity contribution in [1.29, 1.82) is 0 Å². The van der Waals surface area contributed by atoms with Crippen LogP contribution < -0.4 is 10.6 Å². The normalized spacial score (nSPS) is 12.5. The quantitative estimate of drug-likeness (QED) is 0.647. The first-order chi connectivity index (χ1) is 10.4. The Morgan fingerprint density at radius 2 is 1.95 bits per heavy atom. The molecule has 0 aliphatic carbocycles. The van der Waals surface area contributed by atoms with Crippen molar-refractivity contribution in [2.75, 3.05) is 5.43 Å². The zero-order valence-corrected chi connectivity index (χ0v) is 12.9. The van der Waals surface area contributed by atoms with E-state index in [-0.39, 0.29) is 4.90 Å². The van der Waals surface area contributed by atoms with Crippen LogP contribution >= 0.6 is 11.6 Å². The van der Waals surface area contributed by atoms with Crippen molar-refractivity contribution in [1.82, 2.24) is 4.98 Å². The van der Waals surface area contributed by atoms with Crippen LogP contribution in [0.4, 0.5) is 5.82 Å². The van der Waals surface area contributed by atoms with Gasteiger partial charge in [0, 0.05) is 6.20 Å². The number of halogens is 1. The highest BCUT2D eigenvalue weighted by atomic mass is 35.5. The van der Waals surface area contributed by atoms with E-state index < -0.39 is 10.0 Å². The number of allylic oxidation sites excluding steroid dienone is 1. The Balaban J connectivity index is 1.99. The van der Waals surface area contributed by atoms with E-state index in [1.54, 1.807) is 6.08 Å². The molecule has 2 aromatic rings. The lowest BCUT2D eigenvalue weighted by atomic mass is 10.2. The zero-order chi connectivity index (χ0) is 16.0. The third-order valence-corrected chi connectivity index (χ3v) is 3.64. The summed E-state index contributed by atoms with van der Waals surface area (Å²) in [5, 5.41) is 9.32. The molecule has 0 amide bonds. The number of nitrogens with one attached hydrogen (secondary N) is 1. The van der Waals surface area contributed by atoms with Gasteiger partial charge >= 0.3 is 0 Å². The van der Waals surface area contributed by atoms with Gasteiger partial charge in [0.05, 0.1) is 11.2 Å². The van der Waals surface area contributed by atoms with Gasteiger partial charge in [-0.15, -0.1) is 0 Å². The molecule has 0 fully saturated rings. The van der Waals surface area contributed by atoms with Gasteiger partial charge in [-0.2, -0.15) is 5.10 Å². The van der Waals surface area contributed by atoms with Crippen LogP contribution in [0.1, 0.15) is 5.56 Å². The number of primary sulfonamides is 1. The highest BCUT2D eigenvalue weighted by molar-refractivity contribution is 7.89. The predicted octanol–water partition coefficient (Wildman–Crippen LogP) is 2.41. The maximum atomic E-state index is 11.1. The molecule has 0 atom stereocenters. The minimum absolute atomic E-state index is 0.0657. The Morgan fingerprint density at radius 1 is 1.23 bits per heavy atom. The van der Waals surface area contributed by atoms with E-state index >= 15 is 0 Å². The summed E-state index contributed by atoms with van der Waals surface area (Å²) in [6.07, 6.45) is 4.32. The Labute approximate surface area is 133 Å². The van der Waals surface area contributed by atoms with Crippen molar-refractivity contribution in [2.24, 2.45) is 10.2 Å². The lowest BCUT2D eigenvalue weighted by Crippen LogP contribution is -2.12. The molecule has 1 aromatic carbocycles. The van der Waals surface area contributed by atoms with Crippen molar-refractivity contribution in [3.8, 4) is 0 Å². The first-order valence-electron chi connectivity index (χ1n) is 6.15. The van der Waals surface area contributed by atoms with E-state index in [1.165, 1.54) is 18.3 Å². The third-order valence-electron chi connectivity index (χ3n) is 2.54. The summed E-state index contributed by atoms with van der Waals surface area (Å²) in [6.45, 7) is 0. The summed E-state index contributed by atoms with van der Waals surface area (Å²) in [4.78, 5) is 3.81. The molecular formula is C14H13ClN4O2S. The highest BCUT2D eigenvalue weighted by Crippen LogP contribution is 2.10. The van der Waals surface area contributed by atoms with E-state index in [2.05, 4.69) is 15.5 Å². The van der Waals surface area contributed by atoms with Crippen LogP contribution in [0.5, 0.6) is 0 Å². The van der Waals surface area contributed by atoms with Crippen LogP contribution in [-0.2, 0) is 10.0 Å². The SMILES string of the molecule is NS(=O)(=O)c1ccc(N/N=C/C(Cl)=C/c2ccccc2)nc1. The van der Waals surface area contributed by atoms with Crippen LogP contribution in [0.25, 0.3) is 6.08 Å². The van der Waals surface area contributed by atoms with E-state index in [9.17, 15) is 8.42 Å². The molecule has 8 heteroatoms. The minimum atomic E-state index is -3.75. The number of aromatic nitrogens is 1. The summed E-state index contributed by atoms with van der Waals surface area (Å²) in [5.74, 6) is 0.368. The van der Waals surface area contributed by atoms with Crippen molar-refractivity contribution in [3.05, 3.63) is 59.3 Å². The molecule has 0 unspecified atom stereocenters. The Kier molecular flexibility index (Phi) is 5.26.